The molecular formula is C27H46O2Si. The Hall–Kier alpha value is -0.413. The molecule has 2 nitrogen and oxygen atoms in total. The quantitative estimate of drug-likeness (QED) is 0.341. The Labute approximate surface area is 186 Å². The molecule has 0 bridgehead atoms. The summed E-state index contributed by atoms with van der Waals surface area (Å²) in [5, 5.41) is 0.281. The second-order valence-corrected chi connectivity index (χ2v) is 18.0. The van der Waals surface area contributed by atoms with E-state index in [0.717, 1.165) is 30.6 Å². The predicted molar refractivity (Wildman–Crippen MR) is 128 cm³/mol. The summed E-state index contributed by atoms with van der Waals surface area (Å²) in [4.78, 5) is 12.4. The number of ketones is 1. The van der Waals surface area contributed by atoms with E-state index >= 15 is 0 Å². The van der Waals surface area contributed by atoms with Gasteiger partial charge in [0.2, 0.25) is 0 Å². The van der Waals surface area contributed by atoms with Crippen LogP contribution in [0.25, 0.3) is 0 Å². The minimum atomic E-state index is -1.71. The summed E-state index contributed by atoms with van der Waals surface area (Å²) in [6.07, 6.45) is 13.0. The van der Waals surface area contributed by atoms with Crippen LogP contribution in [0.3, 0.4) is 0 Å². The van der Waals surface area contributed by atoms with Crippen molar-refractivity contribution in [1.29, 1.82) is 0 Å². The molecule has 0 unspecified atom stereocenters. The van der Waals surface area contributed by atoms with Crippen LogP contribution in [0.2, 0.25) is 18.1 Å². The van der Waals surface area contributed by atoms with Crippen LogP contribution in [0.4, 0.5) is 0 Å². The molecule has 0 spiro atoms. The first kappa shape index (κ1) is 22.8. The van der Waals surface area contributed by atoms with Crippen LogP contribution < -0.4 is 0 Å². The molecule has 170 valence electrons. The van der Waals surface area contributed by atoms with Crippen molar-refractivity contribution in [1.82, 2.24) is 0 Å². The highest BCUT2D eigenvalue weighted by Crippen LogP contribution is 2.66. The lowest BCUT2D eigenvalue weighted by Crippen LogP contribution is -2.52. The van der Waals surface area contributed by atoms with Gasteiger partial charge in [-0.15, -0.1) is 0 Å². The molecule has 0 aromatic heterocycles. The van der Waals surface area contributed by atoms with E-state index in [4.69, 9.17) is 4.43 Å². The highest BCUT2D eigenvalue weighted by molar-refractivity contribution is 6.74. The standard InChI is InChI=1S/C27H46O2Si/c1-18(28)22-11-12-23-21-10-9-19-17-20(29-30(7,8)25(2,3)4)13-15-26(19,5)24(21)14-16-27(22,23)6/h9,20-24H,10-17H2,1-8H3/t20-,21-,22-,23-,24-,26-,27+/m0/s1. The van der Waals surface area contributed by atoms with Gasteiger partial charge in [-0.2, -0.15) is 0 Å². The van der Waals surface area contributed by atoms with Crippen molar-refractivity contribution in [3.8, 4) is 0 Å². The fourth-order valence-electron chi connectivity index (χ4n) is 7.99. The SMILES string of the molecule is CC(=O)[C@@H]1CC[C@H]2[C@@H]3CC=C4C[C@@H](O[Si](C)(C)C(C)(C)C)CC[C@]4(C)[C@H]3CC[C@]12C. The molecular weight excluding hydrogens is 384 g/mol. The Morgan fingerprint density at radius 2 is 1.77 bits per heavy atom. The van der Waals surface area contributed by atoms with Gasteiger partial charge in [0.1, 0.15) is 5.78 Å². The van der Waals surface area contributed by atoms with E-state index in [-0.39, 0.29) is 10.5 Å². The smallest absolute Gasteiger partial charge is 0.192 e. The van der Waals surface area contributed by atoms with E-state index in [2.05, 4.69) is 53.8 Å². The fraction of sp³-hybridized carbons (Fsp3) is 0.889. The van der Waals surface area contributed by atoms with Crippen LogP contribution >= 0.6 is 0 Å². The molecule has 0 radical (unpaired) electrons. The molecule has 3 saturated carbocycles. The van der Waals surface area contributed by atoms with Crippen molar-refractivity contribution >= 4 is 14.1 Å². The van der Waals surface area contributed by atoms with Gasteiger partial charge in [0, 0.05) is 12.0 Å². The Morgan fingerprint density at radius 1 is 1.07 bits per heavy atom. The minimum absolute atomic E-state index is 0.261. The lowest BCUT2D eigenvalue weighted by atomic mass is 9.47. The van der Waals surface area contributed by atoms with Crippen LogP contribution in [-0.2, 0) is 9.22 Å². The highest BCUT2D eigenvalue weighted by atomic mass is 28.4. The average molecular weight is 431 g/mol. The Balaban J connectivity index is 1.53. The third kappa shape index (κ3) is 3.41. The molecule has 0 aromatic rings. The molecule has 30 heavy (non-hydrogen) atoms. The van der Waals surface area contributed by atoms with Crippen molar-refractivity contribution in [2.75, 3.05) is 0 Å². The summed E-state index contributed by atoms with van der Waals surface area (Å²) >= 11 is 0. The van der Waals surface area contributed by atoms with E-state index in [1.54, 1.807) is 5.57 Å². The minimum Gasteiger partial charge on any atom is -0.414 e. The number of Topliss-reactive ketones (excluding diaryl/α,β-unsaturated/α-hetero) is 1. The van der Waals surface area contributed by atoms with Gasteiger partial charge < -0.3 is 4.43 Å². The first-order chi connectivity index (χ1) is 13.8. The van der Waals surface area contributed by atoms with Gasteiger partial charge in [-0.1, -0.05) is 46.3 Å². The molecule has 0 heterocycles. The molecule has 4 rings (SSSR count). The van der Waals surface area contributed by atoms with Gasteiger partial charge in [-0.25, -0.2) is 0 Å². The summed E-state index contributed by atoms with van der Waals surface area (Å²) in [5.41, 5.74) is 2.34. The number of fused-ring (bicyclic) bond motifs is 5. The summed E-state index contributed by atoms with van der Waals surface area (Å²) in [6, 6.07) is 0. The van der Waals surface area contributed by atoms with E-state index in [1.165, 1.54) is 38.5 Å². The Kier molecular flexibility index (Phi) is 5.54. The second-order valence-electron chi connectivity index (χ2n) is 13.3. The first-order valence-electron chi connectivity index (χ1n) is 12.7. The number of hydrogen-bond donors (Lipinski definition) is 0. The van der Waals surface area contributed by atoms with Gasteiger partial charge in [0.25, 0.3) is 0 Å². The maximum absolute atomic E-state index is 12.4. The summed E-state index contributed by atoms with van der Waals surface area (Å²) in [7, 11) is -1.71. The average Bonchev–Trinajstić information content (AvgIpc) is 2.98. The molecule has 7 atom stereocenters. The second kappa shape index (κ2) is 7.30. The molecule has 3 heteroatoms. The largest absolute Gasteiger partial charge is 0.414 e. The van der Waals surface area contributed by atoms with Crippen molar-refractivity contribution in [3.63, 3.8) is 0 Å². The number of allylic oxidation sites excluding steroid dienone is 1. The van der Waals surface area contributed by atoms with E-state index in [9.17, 15) is 4.79 Å². The molecule has 0 aliphatic heterocycles. The fourth-order valence-corrected chi connectivity index (χ4v) is 9.38. The van der Waals surface area contributed by atoms with Crippen LogP contribution in [-0.4, -0.2) is 20.2 Å². The molecule has 0 amide bonds. The van der Waals surface area contributed by atoms with Gasteiger partial charge in [-0.3, -0.25) is 4.79 Å². The topological polar surface area (TPSA) is 26.3 Å². The van der Waals surface area contributed by atoms with Gasteiger partial charge in [0.05, 0.1) is 0 Å². The number of hydrogen-bond acceptors (Lipinski definition) is 2. The van der Waals surface area contributed by atoms with Crippen molar-refractivity contribution in [2.45, 2.75) is 117 Å². The molecule has 0 saturated heterocycles. The Bertz CT molecular complexity index is 732. The van der Waals surface area contributed by atoms with E-state index in [0.29, 0.717) is 23.2 Å². The number of carbonyl (C=O) groups is 1. The molecule has 0 N–H and O–H groups in total. The molecule has 3 fully saturated rings. The summed E-state index contributed by atoms with van der Waals surface area (Å²) in [5.74, 6) is 3.12. The monoisotopic (exact) mass is 430 g/mol. The Morgan fingerprint density at radius 3 is 2.40 bits per heavy atom. The normalized spacial score (nSPS) is 44.0. The zero-order valence-corrected chi connectivity index (χ0v) is 21.9. The lowest BCUT2D eigenvalue weighted by molar-refractivity contribution is -0.127. The molecule has 0 aromatic carbocycles. The summed E-state index contributed by atoms with van der Waals surface area (Å²) < 4.78 is 6.86. The maximum Gasteiger partial charge on any atom is 0.192 e. The van der Waals surface area contributed by atoms with Crippen molar-refractivity contribution < 1.29 is 9.22 Å². The lowest BCUT2D eigenvalue weighted by Gasteiger charge is -2.58. The van der Waals surface area contributed by atoms with Gasteiger partial charge >= 0.3 is 0 Å². The van der Waals surface area contributed by atoms with Gasteiger partial charge in [0.15, 0.2) is 8.32 Å². The number of carbonyl (C=O) groups excluding carboxylic acids is 1. The first-order valence-corrected chi connectivity index (χ1v) is 15.6. The maximum atomic E-state index is 12.4. The zero-order chi connectivity index (χ0) is 22.1. The van der Waals surface area contributed by atoms with E-state index in [1.807, 2.05) is 6.92 Å². The highest BCUT2D eigenvalue weighted by Gasteiger charge is 2.59. The van der Waals surface area contributed by atoms with Gasteiger partial charge in [-0.05, 0) is 105 Å². The molecule has 4 aliphatic rings. The van der Waals surface area contributed by atoms with Crippen molar-refractivity contribution in [3.05, 3.63) is 11.6 Å². The molecule has 4 aliphatic carbocycles. The zero-order valence-electron chi connectivity index (χ0n) is 20.9. The van der Waals surface area contributed by atoms with Crippen LogP contribution in [0.5, 0.6) is 0 Å². The third-order valence-corrected chi connectivity index (χ3v) is 15.4. The summed E-state index contributed by atoms with van der Waals surface area (Å²) in [6.45, 7) is 18.7. The number of rotatable bonds is 3. The van der Waals surface area contributed by atoms with Crippen LogP contribution in [0.1, 0.15) is 92.9 Å². The van der Waals surface area contributed by atoms with Crippen LogP contribution in [0.15, 0.2) is 11.6 Å². The predicted octanol–water partition coefficient (Wildman–Crippen LogP) is 7.54. The van der Waals surface area contributed by atoms with E-state index < -0.39 is 8.32 Å². The third-order valence-electron chi connectivity index (χ3n) is 10.8. The van der Waals surface area contributed by atoms with Crippen LogP contribution in [0, 0.1) is 34.5 Å². The van der Waals surface area contributed by atoms with Crippen molar-refractivity contribution in [2.24, 2.45) is 34.5 Å².